The lowest BCUT2D eigenvalue weighted by atomic mass is 10.1. The molecule has 0 spiro atoms. The summed E-state index contributed by atoms with van der Waals surface area (Å²) in [5.41, 5.74) is 0. The van der Waals surface area contributed by atoms with E-state index in [1.54, 1.807) is 7.05 Å². The first kappa shape index (κ1) is 10.4. The van der Waals surface area contributed by atoms with E-state index >= 15 is 0 Å². The van der Waals surface area contributed by atoms with Crippen LogP contribution >= 0.6 is 0 Å². The second-order valence-electron chi connectivity index (χ2n) is 3.22. The van der Waals surface area contributed by atoms with Gasteiger partial charge in [0.1, 0.15) is 0 Å². The molecular formula is C8H16N2O3. The maximum absolute atomic E-state index is 11.1. The van der Waals surface area contributed by atoms with Gasteiger partial charge in [0, 0.05) is 0 Å². The lowest BCUT2D eigenvalue weighted by Crippen LogP contribution is -2.47. The summed E-state index contributed by atoms with van der Waals surface area (Å²) in [7, 11) is 1.71. The average molecular weight is 188 g/mol. The average Bonchev–Trinajstić information content (AvgIpc) is 2.04. The summed E-state index contributed by atoms with van der Waals surface area (Å²) in [5.74, 6) is -0.0646. The molecule has 1 aliphatic rings. The van der Waals surface area contributed by atoms with Gasteiger partial charge in [-0.3, -0.25) is 4.79 Å². The zero-order valence-electron chi connectivity index (χ0n) is 7.75. The summed E-state index contributed by atoms with van der Waals surface area (Å²) in [6, 6.07) is -0.0513. The molecule has 3 N–H and O–H groups in total. The molecule has 1 rings (SSSR count). The number of rotatable bonds is 3. The summed E-state index contributed by atoms with van der Waals surface area (Å²) in [4.78, 5) is 11.1. The number of nitrogens with one attached hydrogen (secondary N) is 2. The van der Waals surface area contributed by atoms with Crippen LogP contribution < -0.4 is 10.6 Å². The molecule has 5 nitrogen and oxygen atoms in total. The molecule has 1 saturated heterocycles. The highest BCUT2D eigenvalue weighted by molar-refractivity contribution is 5.78. The molecule has 13 heavy (non-hydrogen) atoms. The minimum Gasteiger partial charge on any atom is -0.391 e. The van der Waals surface area contributed by atoms with E-state index < -0.39 is 6.10 Å². The standard InChI is InChI=1S/C8H16N2O3/c1-9-3-8(12)10-6-2-7(11)5-13-4-6/h6-7,9,11H,2-5H2,1H3,(H,10,12). The summed E-state index contributed by atoms with van der Waals surface area (Å²) in [6.45, 7) is 1.16. The van der Waals surface area contributed by atoms with E-state index in [1.165, 1.54) is 0 Å². The molecule has 0 bridgehead atoms. The normalized spacial score (nSPS) is 28.5. The van der Waals surface area contributed by atoms with Gasteiger partial charge >= 0.3 is 0 Å². The fourth-order valence-electron chi connectivity index (χ4n) is 1.35. The maximum Gasteiger partial charge on any atom is 0.234 e. The van der Waals surface area contributed by atoms with Crippen molar-refractivity contribution in [2.75, 3.05) is 26.8 Å². The van der Waals surface area contributed by atoms with Gasteiger partial charge in [0.2, 0.25) is 5.91 Å². The Morgan fingerprint density at radius 3 is 3.00 bits per heavy atom. The van der Waals surface area contributed by atoms with Crippen LogP contribution in [0.2, 0.25) is 0 Å². The molecule has 0 aromatic rings. The monoisotopic (exact) mass is 188 g/mol. The van der Waals surface area contributed by atoms with E-state index in [9.17, 15) is 9.90 Å². The molecule has 0 saturated carbocycles. The van der Waals surface area contributed by atoms with Crippen molar-refractivity contribution in [3.63, 3.8) is 0 Å². The predicted molar refractivity (Wildman–Crippen MR) is 47.3 cm³/mol. The fraction of sp³-hybridized carbons (Fsp3) is 0.875. The van der Waals surface area contributed by atoms with Crippen molar-refractivity contribution in [3.05, 3.63) is 0 Å². The minimum atomic E-state index is -0.450. The zero-order valence-corrected chi connectivity index (χ0v) is 7.75. The zero-order chi connectivity index (χ0) is 9.68. The van der Waals surface area contributed by atoms with E-state index in [0.717, 1.165) is 0 Å². The Bertz CT molecular complexity index is 175. The van der Waals surface area contributed by atoms with Gasteiger partial charge in [0.15, 0.2) is 0 Å². The van der Waals surface area contributed by atoms with Crippen LogP contribution in [0.4, 0.5) is 0 Å². The summed E-state index contributed by atoms with van der Waals surface area (Å²) >= 11 is 0. The van der Waals surface area contributed by atoms with Gasteiger partial charge in [-0.1, -0.05) is 0 Å². The van der Waals surface area contributed by atoms with Gasteiger partial charge in [-0.2, -0.15) is 0 Å². The van der Waals surface area contributed by atoms with E-state index in [4.69, 9.17) is 4.74 Å². The van der Waals surface area contributed by atoms with E-state index in [0.29, 0.717) is 26.2 Å². The first-order chi connectivity index (χ1) is 6.22. The van der Waals surface area contributed by atoms with Gasteiger partial charge in [-0.25, -0.2) is 0 Å². The third-order valence-corrected chi connectivity index (χ3v) is 1.89. The van der Waals surface area contributed by atoms with Gasteiger partial charge in [0.25, 0.3) is 0 Å². The van der Waals surface area contributed by atoms with Crippen molar-refractivity contribution >= 4 is 5.91 Å². The smallest absolute Gasteiger partial charge is 0.234 e. The van der Waals surface area contributed by atoms with Crippen LogP contribution in [0.3, 0.4) is 0 Å². The van der Waals surface area contributed by atoms with Crippen molar-refractivity contribution < 1.29 is 14.6 Å². The molecule has 1 aliphatic heterocycles. The molecule has 0 aromatic carbocycles. The van der Waals surface area contributed by atoms with Crippen LogP contribution in [0.5, 0.6) is 0 Å². The number of hydrogen-bond acceptors (Lipinski definition) is 4. The summed E-state index contributed by atoms with van der Waals surface area (Å²) in [6.07, 6.45) is 0.128. The summed E-state index contributed by atoms with van der Waals surface area (Å²) < 4.78 is 5.09. The number of amides is 1. The van der Waals surface area contributed by atoms with Crippen LogP contribution in [-0.4, -0.2) is 50.0 Å². The Kier molecular flexibility index (Phi) is 4.14. The second kappa shape index (κ2) is 5.16. The number of carbonyl (C=O) groups excluding carboxylic acids is 1. The number of ether oxygens (including phenoxy) is 1. The molecule has 0 aromatic heterocycles. The predicted octanol–water partition coefficient (Wildman–Crippen LogP) is -1.53. The molecular weight excluding hydrogens is 172 g/mol. The first-order valence-corrected chi connectivity index (χ1v) is 4.42. The molecule has 76 valence electrons. The Labute approximate surface area is 77.5 Å². The highest BCUT2D eigenvalue weighted by Crippen LogP contribution is 2.06. The topological polar surface area (TPSA) is 70.6 Å². The molecule has 5 heteroatoms. The number of hydrogen-bond donors (Lipinski definition) is 3. The number of aliphatic hydroxyl groups excluding tert-OH is 1. The number of aliphatic hydroxyl groups is 1. The van der Waals surface area contributed by atoms with Crippen molar-refractivity contribution in [1.82, 2.24) is 10.6 Å². The van der Waals surface area contributed by atoms with Crippen molar-refractivity contribution in [3.8, 4) is 0 Å². The van der Waals surface area contributed by atoms with E-state index in [1.807, 2.05) is 0 Å². The summed E-state index contributed by atoms with van der Waals surface area (Å²) in [5, 5.41) is 14.7. The third kappa shape index (κ3) is 3.71. The Morgan fingerprint density at radius 1 is 1.62 bits per heavy atom. The highest BCUT2D eigenvalue weighted by Gasteiger charge is 2.21. The number of carbonyl (C=O) groups is 1. The minimum absolute atomic E-state index is 0.0513. The molecule has 1 fully saturated rings. The molecule has 2 atom stereocenters. The molecule has 1 amide bonds. The van der Waals surface area contributed by atoms with Crippen LogP contribution in [0.25, 0.3) is 0 Å². The van der Waals surface area contributed by atoms with Crippen LogP contribution in [0.15, 0.2) is 0 Å². The quantitative estimate of drug-likeness (QED) is 0.502. The van der Waals surface area contributed by atoms with Gasteiger partial charge in [-0.15, -0.1) is 0 Å². The Hall–Kier alpha value is -0.650. The van der Waals surface area contributed by atoms with Gasteiger partial charge in [-0.05, 0) is 13.5 Å². The van der Waals surface area contributed by atoms with Crippen LogP contribution in [0, 0.1) is 0 Å². The van der Waals surface area contributed by atoms with Crippen LogP contribution in [0.1, 0.15) is 6.42 Å². The molecule has 1 heterocycles. The van der Waals surface area contributed by atoms with Gasteiger partial charge < -0.3 is 20.5 Å². The third-order valence-electron chi connectivity index (χ3n) is 1.89. The van der Waals surface area contributed by atoms with Crippen LogP contribution in [-0.2, 0) is 9.53 Å². The van der Waals surface area contributed by atoms with E-state index in [2.05, 4.69) is 10.6 Å². The molecule has 0 aliphatic carbocycles. The van der Waals surface area contributed by atoms with Crippen molar-refractivity contribution in [2.45, 2.75) is 18.6 Å². The van der Waals surface area contributed by atoms with Crippen molar-refractivity contribution in [2.24, 2.45) is 0 Å². The Morgan fingerprint density at radius 2 is 2.38 bits per heavy atom. The largest absolute Gasteiger partial charge is 0.391 e. The molecule has 0 radical (unpaired) electrons. The Balaban J connectivity index is 2.23. The maximum atomic E-state index is 11.1. The lowest BCUT2D eigenvalue weighted by molar-refractivity contribution is -0.122. The first-order valence-electron chi connectivity index (χ1n) is 4.42. The lowest BCUT2D eigenvalue weighted by Gasteiger charge is -2.26. The van der Waals surface area contributed by atoms with Gasteiger partial charge in [0.05, 0.1) is 31.9 Å². The fourth-order valence-corrected chi connectivity index (χ4v) is 1.35. The van der Waals surface area contributed by atoms with E-state index in [-0.39, 0.29) is 11.9 Å². The molecule has 2 unspecified atom stereocenters. The second-order valence-corrected chi connectivity index (χ2v) is 3.22. The SMILES string of the molecule is CNCC(=O)NC1COCC(O)C1. The number of likely N-dealkylation sites (N-methyl/N-ethyl adjacent to an activating group) is 1. The van der Waals surface area contributed by atoms with Crippen molar-refractivity contribution in [1.29, 1.82) is 0 Å². The highest BCUT2D eigenvalue weighted by atomic mass is 16.5.